The number of nitrogens with zero attached hydrogens (tertiary/aromatic N) is 1. The van der Waals surface area contributed by atoms with Crippen molar-refractivity contribution in [2.45, 2.75) is 24.5 Å². The van der Waals surface area contributed by atoms with Crippen molar-refractivity contribution in [3.8, 4) is 0 Å². The second-order valence-corrected chi connectivity index (χ2v) is 6.58. The van der Waals surface area contributed by atoms with Crippen LogP contribution in [0, 0.1) is 0 Å². The van der Waals surface area contributed by atoms with E-state index in [0.29, 0.717) is 10.3 Å². The summed E-state index contributed by atoms with van der Waals surface area (Å²) in [5.74, 6) is 2.07. The quantitative estimate of drug-likeness (QED) is 0.903. The van der Waals surface area contributed by atoms with Gasteiger partial charge < -0.3 is 5.32 Å². The summed E-state index contributed by atoms with van der Waals surface area (Å²) < 4.78 is 0.912. The molecule has 5 heteroatoms. The summed E-state index contributed by atoms with van der Waals surface area (Å²) in [6, 6.07) is 1.87. The highest BCUT2D eigenvalue weighted by molar-refractivity contribution is 9.10. The molecule has 1 aromatic heterocycles. The molecule has 1 N–H and O–H groups in total. The summed E-state index contributed by atoms with van der Waals surface area (Å²) in [6.45, 7) is 0.957. The van der Waals surface area contributed by atoms with E-state index in [1.165, 1.54) is 25.0 Å². The zero-order chi connectivity index (χ0) is 11.4. The molecule has 1 unspecified atom stereocenters. The van der Waals surface area contributed by atoms with Crippen LogP contribution >= 0.6 is 39.3 Å². The zero-order valence-corrected chi connectivity index (χ0v) is 12.0. The fraction of sp³-hybridized carbons (Fsp3) is 0.545. The molecule has 2 heterocycles. The minimum Gasteiger partial charge on any atom is -0.368 e. The number of nitrogens with one attached hydrogen (secondary N) is 1. The van der Waals surface area contributed by atoms with Crippen LogP contribution in [-0.2, 0) is 0 Å². The van der Waals surface area contributed by atoms with E-state index in [4.69, 9.17) is 11.6 Å². The van der Waals surface area contributed by atoms with Gasteiger partial charge in [-0.15, -0.1) is 0 Å². The maximum Gasteiger partial charge on any atom is 0.144 e. The van der Waals surface area contributed by atoms with Crippen LogP contribution in [0.3, 0.4) is 0 Å². The lowest BCUT2D eigenvalue weighted by atomic mass is 10.2. The number of pyridine rings is 1. The van der Waals surface area contributed by atoms with E-state index in [-0.39, 0.29) is 0 Å². The normalized spacial score (nSPS) is 20.8. The molecule has 2 rings (SSSR count). The first kappa shape index (κ1) is 12.5. The van der Waals surface area contributed by atoms with Gasteiger partial charge in [0.2, 0.25) is 0 Å². The average molecular weight is 322 g/mol. The average Bonchev–Trinajstić information content (AvgIpc) is 2.29. The molecule has 2 nitrogen and oxygen atoms in total. The Morgan fingerprint density at radius 3 is 3.12 bits per heavy atom. The lowest BCUT2D eigenvalue weighted by Gasteiger charge is -2.21. The summed E-state index contributed by atoms with van der Waals surface area (Å²) in [5, 5.41) is 4.71. The molecular weight excluding hydrogens is 308 g/mol. The zero-order valence-electron chi connectivity index (χ0n) is 8.88. The van der Waals surface area contributed by atoms with E-state index < -0.39 is 0 Å². The van der Waals surface area contributed by atoms with Gasteiger partial charge in [-0.2, -0.15) is 11.8 Å². The number of anilines is 1. The number of hydrogen-bond acceptors (Lipinski definition) is 3. The van der Waals surface area contributed by atoms with Crippen LogP contribution < -0.4 is 5.32 Å². The molecule has 1 aromatic rings. The summed E-state index contributed by atoms with van der Waals surface area (Å²) in [4.78, 5) is 4.26. The molecule has 88 valence electrons. The van der Waals surface area contributed by atoms with Crippen LogP contribution in [0.1, 0.15) is 19.3 Å². The van der Waals surface area contributed by atoms with Crippen LogP contribution in [-0.4, -0.2) is 22.5 Å². The molecular formula is C11H14BrClN2S. The van der Waals surface area contributed by atoms with Crippen molar-refractivity contribution < 1.29 is 0 Å². The minimum absolute atomic E-state index is 0.676. The van der Waals surface area contributed by atoms with E-state index in [2.05, 4.69) is 26.2 Å². The summed E-state index contributed by atoms with van der Waals surface area (Å²) in [6.07, 6.45) is 5.77. The molecule has 0 spiro atoms. The van der Waals surface area contributed by atoms with Crippen molar-refractivity contribution in [3.05, 3.63) is 21.8 Å². The Hall–Kier alpha value is 0.0700. The Kier molecular flexibility index (Phi) is 4.79. The number of aromatic nitrogens is 1. The molecule has 0 aliphatic carbocycles. The molecule has 0 radical (unpaired) electrons. The fourth-order valence-corrected chi connectivity index (χ4v) is 3.66. The topological polar surface area (TPSA) is 24.9 Å². The largest absolute Gasteiger partial charge is 0.368 e. The van der Waals surface area contributed by atoms with E-state index >= 15 is 0 Å². The highest BCUT2D eigenvalue weighted by Gasteiger charge is 2.14. The highest BCUT2D eigenvalue weighted by Crippen LogP contribution is 2.27. The third-order valence-electron chi connectivity index (χ3n) is 2.58. The van der Waals surface area contributed by atoms with Gasteiger partial charge in [-0.3, -0.25) is 0 Å². The first-order valence-electron chi connectivity index (χ1n) is 5.42. The minimum atomic E-state index is 0.676. The number of thioether (sulfide) groups is 1. The Balaban J connectivity index is 1.88. The second kappa shape index (κ2) is 6.12. The van der Waals surface area contributed by atoms with Gasteiger partial charge >= 0.3 is 0 Å². The second-order valence-electron chi connectivity index (χ2n) is 3.85. The highest BCUT2D eigenvalue weighted by atomic mass is 79.9. The van der Waals surface area contributed by atoms with Crippen molar-refractivity contribution in [2.24, 2.45) is 0 Å². The SMILES string of the molecule is Clc1cc(Br)cnc1NCC1CCCCS1. The maximum atomic E-state index is 6.09. The predicted octanol–water partition coefficient (Wildman–Crippen LogP) is 4.20. The van der Waals surface area contributed by atoms with Crippen molar-refractivity contribution >= 4 is 45.1 Å². The van der Waals surface area contributed by atoms with Gasteiger partial charge in [0.15, 0.2) is 0 Å². The molecule has 16 heavy (non-hydrogen) atoms. The van der Waals surface area contributed by atoms with Crippen LogP contribution in [0.15, 0.2) is 16.7 Å². The monoisotopic (exact) mass is 320 g/mol. The van der Waals surface area contributed by atoms with E-state index in [1.54, 1.807) is 6.20 Å². The maximum absolute atomic E-state index is 6.09. The Labute approximate surface area is 114 Å². The van der Waals surface area contributed by atoms with Gasteiger partial charge in [-0.1, -0.05) is 18.0 Å². The molecule has 1 aliphatic rings. The van der Waals surface area contributed by atoms with Gasteiger partial charge in [0.05, 0.1) is 5.02 Å². The molecule has 1 saturated heterocycles. The number of halogens is 2. The Bertz CT molecular complexity index is 356. The summed E-state index contributed by atoms with van der Waals surface area (Å²) >= 11 is 11.5. The lowest BCUT2D eigenvalue weighted by Crippen LogP contribution is -2.20. The molecule has 0 bridgehead atoms. The smallest absolute Gasteiger partial charge is 0.144 e. The van der Waals surface area contributed by atoms with Gasteiger partial charge in [-0.25, -0.2) is 4.98 Å². The third kappa shape index (κ3) is 3.54. The van der Waals surface area contributed by atoms with E-state index in [0.717, 1.165) is 16.8 Å². The van der Waals surface area contributed by atoms with Crippen molar-refractivity contribution in [1.29, 1.82) is 0 Å². The van der Waals surface area contributed by atoms with E-state index in [1.807, 2.05) is 17.8 Å². The first-order chi connectivity index (χ1) is 7.75. The van der Waals surface area contributed by atoms with E-state index in [9.17, 15) is 0 Å². The molecule has 0 saturated carbocycles. The summed E-state index contributed by atoms with van der Waals surface area (Å²) in [7, 11) is 0. The Morgan fingerprint density at radius 2 is 2.44 bits per heavy atom. The van der Waals surface area contributed by atoms with Gasteiger partial charge in [0.1, 0.15) is 5.82 Å². The van der Waals surface area contributed by atoms with Crippen LogP contribution in [0.25, 0.3) is 0 Å². The molecule has 1 aliphatic heterocycles. The van der Waals surface area contributed by atoms with Gasteiger partial charge in [0.25, 0.3) is 0 Å². The molecule has 1 fully saturated rings. The van der Waals surface area contributed by atoms with Gasteiger partial charge in [-0.05, 0) is 40.6 Å². The van der Waals surface area contributed by atoms with Crippen LogP contribution in [0.4, 0.5) is 5.82 Å². The number of hydrogen-bond donors (Lipinski definition) is 1. The number of rotatable bonds is 3. The van der Waals surface area contributed by atoms with Gasteiger partial charge in [0, 0.05) is 22.5 Å². The Morgan fingerprint density at radius 1 is 1.56 bits per heavy atom. The third-order valence-corrected chi connectivity index (χ3v) is 4.70. The lowest BCUT2D eigenvalue weighted by molar-refractivity contribution is 0.677. The molecule has 0 amide bonds. The summed E-state index contributed by atoms with van der Waals surface area (Å²) in [5.41, 5.74) is 0. The van der Waals surface area contributed by atoms with Crippen LogP contribution in [0.5, 0.6) is 0 Å². The van der Waals surface area contributed by atoms with Crippen molar-refractivity contribution in [3.63, 3.8) is 0 Å². The molecule has 1 atom stereocenters. The predicted molar refractivity (Wildman–Crippen MR) is 75.5 cm³/mol. The van der Waals surface area contributed by atoms with Crippen molar-refractivity contribution in [2.75, 3.05) is 17.6 Å². The van der Waals surface area contributed by atoms with Crippen molar-refractivity contribution in [1.82, 2.24) is 4.98 Å². The fourth-order valence-electron chi connectivity index (χ4n) is 1.72. The standard InChI is InChI=1S/C11H14BrClN2S/c12-8-5-10(13)11(14-6-8)15-7-9-3-1-2-4-16-9/h5-6,9H,1-4,7H2,(H,14,15). The molecule has 0 aromatic carbocycles. The van der Waals surface area contributed by atoms with Crippen LogP contribution in [0.2, 0.25) is 5.02 Å². The first-order valence-corrected chi connectivity index (χ1v) is 7.64.